The van der Waals surface area contributed by atoms with Crippen LogP contribution in [0.4, 0.5) is 0 Å². The molecule has 2 unspecified atom stereocenters. The van der Waals surface area contributed by atoms with Gasteiger partial charge >= 0.3 is 0 Å². The van der Waals surface area contributed by atoms with Crippen LogP contribution in [0.5, 0.6) is 0 Å². The van der Waals surface area contributed by atoms with E-state index in [0.29, 0.717) is 25.9 Å². The first-order chi connectivity index (χ1) is 7.13. The Morgan fingerprint density at radius 3 is 3.00 bits per heavy atom. The van der Waals surface area contributed by atoms with Crippen molar-refractivity contribution in [1.29, 1.82) is 0 Å². The molecule has 0 radical (unpaired) electrons. The molecule has 1 aliphatic heterocycles. The van der Waals surface area contributed by atoms with Crippen LogP contribution in [0.15, 0.2) is 0 Å². The van der Waals surface area contributed by atoms with E-state index in [-0.39, 0.29) is 23.8 Å². The van der Waals surface area contributed by atoms with E-state index in [0.717, 1.165) is 0 Å². The van der Waals surface area contributed by atoms with Gasteiger partial charge in [0.2, 0.25) is 11.8 Å². The second-order valence-electron chi connectivity index (χ2n) is 3.83. The van der Waals surface area contributed by atoms with E-state index in [2.05, 4.69) is 10.6 Å². The van der Waals surface area contributed by atoms with Crippen LogP contribution >= 0.6 is 0 Å². The number of carbonyl (C=O) groups excluding carboxylic acids is 2. The molecule has 5 heteroatoms. The summed E-state index contributed by atoms with van der Waals surface area (Å²) >= 11 is 0. The summed E-state index contributed by atoms with van der Waals surface area (Å²) in [6.45, 7) is 2.86. The van der Waals surface area contributed by atoms with Gasteiger partial charge in [-0.1, -0.05) is 0 Å². The van der Waals surface area contributed by atoms with Crippen LogP contribution in [0, 0.1) is 5.92 Å². The Hall–Kier alpha value is -1.10. The summed E-state index contributed by atoms with van der Waals surface area (Å²) in [7, 11) is 1.61. The van der Waals surface area contributed by atoms with Crippen LogP contribution < -0.4 is 10.6 Å². The monoisotopic (exact) mass is 214 g/mol. The molecule has 0 bridgehead atoms. The van der Waals surface area contributed by atoms with Crippen LogP contribution in [0.1, 0.15) is 19.8 Å². The topological polar surface area (TPSA) is 67.4 Å². The Labute approximate surface area is 89.6 Å². The van der Waals surface area contributed by atoms with Gasteiger partial charge in [0.1, 0.15) is 0 Å². The Kier molecular flexibility index (Phi) is 4.55. The van der Waals surface area contributed by atoms with Crippen LogP contribution in [-0.2, 0) is 14.3 Å². The number of amides is 2. The van der Waals surface area contributed by atoms with E-state index in [1.165, 1.54) is 0 Å². The van der Waals surface area contributed by atoms with E-state index in [4.69, 9.17) is 4.74 Å². The smallest absolute Gasteiger partial charge is 0.224 e. The van der Waals surface area contributed by atoms with Gasteiger partial charge in [-0.3, -0.25) is 9.59 Å². The van der Waals surface area contributed by atoms with E-state index in [1.54, 1.807) is 7.11 Å². The highest BCUT2D eigenvalue weighted by molar-refractivity contribution is 5.83. The number of rotatable bonds is 4. The Bertz CT molecular complexity index is 233. The lowest BCUT2D eigenvalue weighted by atomic mass is 9.98. The summed E-state index contributed by atoms with van der Waals surface area (Å²) in [6.07, 6.45) is 1.10. The fraction of sp³-hybridized carbons (Fsp3) is 0.800. The summed E-state index contributed by atoms with van der Waals surface area (Å²) in [5, 5.41) is 5.49. The third-order valence-corrected chi connectivity index (χ3v) is 2.60. The molecule has 0 aromatic carbocycles. The molecule has 2 amide bonds. The molecule has 0 saturated carbocycles. The van der Waals surface area contributed by atoms with Crippen molar-refractivity contribution in [2.45, 2.75) is 25.9 Å². The van der Waals surface area contributed by atoms with Crippen LogP contribution in [0.25, 0.3) is 0 Å². The summed E-state index contributed by atoms with van der Waals surface area (Å²) in [6, 6.07) is 0. The predicted octanol–water partition coefficient (Wildman–Crippen LogP) is -0.336. The van der Waals surface area contributed by atoms with E-state index >= 15 is 0 Å². The minimum absolute atomic E-state index is 0.00102. The van der Waals surface area contributed by atoms with Gasteiger partial charge in [-0.25, -0.2) is 0 Å². The standard InChI is InChI=1S/C10H18N2O3/c1-7(15-2)5-12-10(14)8-3-4-9(13)11-6-8/h7-8H,3-6H2,1-2H3,(H,11,13)(H,12,14). The number of carbonyl (C=O) groups is 2. The summed E-state index contributed by atoms with van der Waals surface area (Å²) in [5.74, 6) is -0.0602. The lowest BCUT2D eigenvalue weighted by molar-refractivity contribution is -0.129. The van der Waals surface area contributed by atoms with E-state index < -0.39 is 0 Å². The molecule has 0 aromatic heterocycles. The molecule has 0 aliphatic carbocycles. The van der Waals surface area contributed by atoms with E-state index in [1.807, 2.05) is 6.92 Å². The van der Waals surface area contributed by atoms with Crippen molar-refractivity contribution in [3.05, 3.63) is 0 Å². The van der Waals surface area contributed by atoms with Crippen LogP contribution in [0.3, 0.4) is 0 Å². The average Bonchev–Trinajstić information content (AvgIpc) is 2.26. The van der Waals surface area contributed by atoms with Crippen LogP contribution in [-0.4, -0.2) is 38.1 Å². The highest BCUT2D eigenvalue weighted by Gasteiger charge is 2.24. The zero-order valence-corrected chi connectivity index (χ0v) is 9.21. The molecule has 2 N–H and O–H groups in total. The van der Waals surface area contributed by atoms with Gasteiger partial charge in [-0.2, -0.15) is 0 Å². The maximum Gasteiger partial charge on any atom is 0.224 e. The molecule has 1 rings (SSSR count). The second-order valence-corrected chi connectivity index (χ2v) is 3.83. The first kappa shape index (κ1) is 12.0. The quantitative estimate of drug-likeness (QED) is 0.673. The van der Waals surface area contributed by atoms with Crippen molar-refractivity contribution in [3.8, 4) is 0 Å². The molecule has 1 saturated heterocycles. The molecular formula is C10H18N2O3. The lowest BCUT2D eigenvalue weighted by Crippen LogP contribution is -2.44. The molecule has 2 atom stereocenters. The average molecular weight is 214 g/mol. The normalized spacial score (nSPS) is 23.1. The van der Waals surface area contributed by atoms with Crippen molar-refractivity contribution in [2.24, 2.45) is 5.92 Å². The highest BCUT2D eigenvalue weighted by Crippen LogP contribution is 2.10. The largest absolute Gasteiger partial charge is 0.380 e. The fourth-order valence-electron chi connectivity index (χ4n) is 1.43. The molecule has 1 fully saturated rings. The van der Waals surface area contributed by atoms with Gasteiger partial charge in [-0.15, -0.1) is 0 Å². The summed E-state index contributed by atoms with van der Waals surface area (Å²) < 4.78 is 5.02. The van der Waals surface area contributed by atoms with Crippen molar-refractivity contribution in [1.82, 2.24) is 10.6 Å². The summed E-state index contributed by atoms with van der Waals surface area (Å²) in [5.41, 5.74) is 0. The third kappa shape index (κ3) is 3.87. The predicted molar refractivity (Wildman–Crippen MR) is 55.2 cm³/mol. The molecule has 0 spiro atoms. The molecule has 15 heavy (non-hydrogen) atoms. The molecule has 86 valence electrons. The first-order valence-electron chi connectivity index (χ1n) is 5.20. The summed E-state index contributed by atoms with van der Waals surface area (Å²) in [4.78, 5) is 22.5. The van der Waals surface area contributed by atoms with Gasteiger partial charge in [0, 0.05) is 26.6 Å². The molecule has 1 heterocycles. The molecule has 0 aromatic rings. The van der Waals surface area contributed by atoms with Gasteiger partial charge in [0.15, 0.2) is 0 Å². The minimum atomic E-state index is -0.0910. The van der Waals surface area contributed by atoms with Crippen molar-refractivity contribution in [3.63, 3.8) is 0 Å². The lowest BCUT2D eigenvalue weighted by Gasteiger charge is -2.22. The van der Waals surface area contributed by atoms with E-state index in [9.17, 15) is 9.59 Å². The number of piperidine rings is 1. The maximum atomic E-state index is 11.6. The van der Waals surface area contributed by atoms with Crippen LogP contribution in [0.2, 0.25) is 0 Å². The SMILES string of the molecule is COC(C)CNC(=O)C1CCC(=O)NC1. The number of nitrogens with one attached hydrogen (secondary N) is 2. The van der Waals surface area contributed by atoms with Gasteiger partial charge in [0.25, 0.3) is 0 Å². The highest BCUT2D eigenvalue weighted by atomic mass is 16.5. The zero-order chi connectivity index (χ0) is 11.3. The zero-order valence-electron chi connectivity index (χ0n) is 9.21. The molecule has 1 aliphatic rings. The number of hydrogen-bond acceptors (Lipinski definition) is 3. The Morgan fingerprint density at radius 1 is 1.73 bits per heavy atom. The minimum Gasteiger partial charge on any atom is -0.380 e. The number of methoxy groups -OCH3 is 1. The van der Waals surface area contributed by atoms with Crippen molar-refractivity contribution >= 4 is 11.8 Å². The van der Waals surface area contributed by atoms with Gasteiger partial charge in [-0.05, 0) is 13.3 Å². The van der Waals surface area contributed by atoms with Gasteiger partial charge in [0.05, 0.1) is 12.0 Å². The second kappa shape index (κ2) is 5.70. The van der Waals surface area contributed by atoms with Gasteiger partial charge < -0.3 is 15.4 Å². The van der Waals surface area contributed by atoms with Crippen molar-refractivity contribution in [2.75, 3.05) is 20.2 Å². The molecular weight excluding hydrogens is 196 g/mol. The molecule has 5 nitrogen and oxygen atoms in total. The fourth-order valence-corrected chi connectivity index (χ4v) is 1.43. The third-order valence-electron chi connectivity index (χ3n) is 2.60. The van der Waals surface area contributed by atoms with Crippen molar-refractivity contribution < 1.29 is 14.3 Å². The maximum absolute atomic E-state index is 11.6. The number of ether oxygens (including phenoxy) is 1. The Morgan fingerprint density at radius 2 is 2.47 bits per heavy atom. The Balaban J connectivity index is 2.25. The number of hydrogen-bond donors (Lipinski definition) is 2. The first-order valence-corrected chi connectivity index (χ1v) is 5.20.